The van der Waals surface area contributed by atoms with E-state index in [4.69, 9.17) is 19.2 Å². The van der Waals surface area contributed by atoms with Crippen LogP contribution >= 0.6 is 0 Å². The third-order valence-electron chi connectivity index (χ3n) is 7.06. The largest absolute Gasteiger partial charge is 0.497 e. The molecule has 1 N–H and O–H groups in total. The number of piperidine rings is 1. The predicted octanol–water partition coefficient (Wildman–Crippen LogP) is 4.15. The van der Waals surface area contributed by atoms with Crippen molar-refractivity contribution in [2.24, 2.45) is 4.99 Å². The van der Waals surface area contributed by atoms with E-state index in [0.717, 1.165) is 36.3 Å². The van der Waals surface area contributed by atoms with Crippen LogP contribution in [0.3, 0.4) is 0 Å². The number of fused-ring (bicyclic) bond motifs is 3. The molecular weight excluding hydrogens is 490 g/mol. The highest BCUT2D eigenvalue weighted by atomic mass is 32.2. The van der Waals surface area contributed by atoms with Crippen LogP contribution in [0.4, 0.5) is 5.69 Å². The number of sulfonamides is 1. The zero-order valence-electron chi connectivity index (χ0n) is 21.4. The minimum atomic E-state index is -3.73. The lowest BCUT2D eigenvalue weighted by Gasteiger charge is -2.39. The Balaban J connectivity index is 1.47. The Hall–Kier alpha value is -3.56. The predicted molar refractivity (Wildman–Crippen MR) is 144 cm³/mol. The van der Waals surface area contributed by atoms with Gasteiger partial charge in [-0.1, -0.05) is 12.1 Å². The zero-order valence-corrected chi connectivity index (χ0v) is 22.2. The number of anilines is 1. The lowest BCUT2D eigenvalue weighted by Crippen LogP contribution is -2.41. The number of ether oxygens (including phenoxy) is 3. The number of likely N-dealkylation sites (tertiary alicyclic amines) is 1. The normalized spacial score (nSPS) is 19.3. The summed E-state index contributed by atoms with van der Waals surface area (Å²) in [5.41, 5.74) is 4.48. The summed E-state index contributed by atoms with van der Waals surface area (Å²) in [5, 5.41) is 0. The first-order chi connectivity index (χ1) is 17.8. The van der Waals surface area contributed by atoms with Crippen molar-refractivity contribution in [3.05, 3.63) is 77.4 Å². The van der Waals surface area contributed by atoms with E-state index >= 15 is 0 Å². The standard InChI is InChI=1S/C28H31N3O5S/c1-31-14-13-25-24(17-31)22-15-26(35-3)27(36-4)16-23(22)28(29-25)18-5-7-19(8-6-18)30-37(32,33)21-11-9-20(34-2)10-12-21/h5-12,15-16,24-25,30H,13-14,17H2,1-4H3/t24-,25-/m1/s1. The highest BCUT2D eigenvalue weighted by Gasteiger charge is 2.36. The fourth-order valence-corrected chi connectivity index (χ4v) is 6.16. The van der Waals surface area contributed by atoms with Gasteiger partial charge in [-0.3, -0.25) is 9.71 Å². The second-order valence-electron chi connectivity index (χ2n) is 9.36. The number of nitrogens with one attached hydrogen (secondary N) is 1. The summed E-state index contributed by atoms with van der Waals surface area (Å²) in [4.78, 5) is 7.70. The fraction of sp³-hybridized carbons (Fsp3) is 0.321. The molecule has 3 aromatic rings. The van der Waals surface area contributed by atoms with Crippen molar-refractivity contribution in [1.82, 2.24) is 4.90 Å². The lowest BCUT2D eigenvalue weighted by molar-refractivity contribution is 0.227. The van der Waals surface area contributed by atoms with Gasteiger partial charge in [-0.25, -0.2) is 8.42 Å². The Kier molecular flexibility index (Phi) is 6.83. The van der Waals surface area contributed by atoms with Crippen molar-refractivity contribution >= 4 is 21.4 Å². The van der Waals surface area contributed by atoms with Crippen LogP contribution in [-0.4, -0.2) is 66.5 Å². The van der Waals surface area contributed by atoms with E-state index in [9.17, 15) is 8.42 Å². The molecule has 0 radical (unpaired) electrons. The second kappa shape index (κ2) is 10.1. The average Bonchev–Trinajstić information content (AvgIpc) is 2.92. The monoisotopic (exact) mass is 521 g/mol. The van der Waals surface area contributed by atoms with Gasteiger partial charge in [0.1, 0.15) is 5.75 Å². The summed E-state index contributed by atoms with van der Waals surface area (Å²) >= 11 is 0. The minimum Gasteiger partial charge on any atom is -0.497 e. The van der Waals surface area contributed by atoms with Gasteiger partial charge < -0.3 is 19.1 Å². The molecule has 1 fully saturated rings. The van der Waals surface area contributed by atoms with E-state index in [1.54, 1.807) is 38.5 Å². The molecule has 0 aromatic heterocycles. The highest BCUT2D eigenvalue weighted by molar-refractivity contribution is 7.92. The third kappa shape index (κ3) is 4.89. The SMILES string of the molecule is COc1ccc(S(=O)(=O)Nc2ccc(C3=N[C@@H]4CCN(C)C[C@@H]4c4cc(OC)c(OC)cc43)cc2)cc1. The van der Waals surface area contributed by atoms with Gasteiger partial charge in [-0.2, -0.15) is 0 Å². The summed E-state index contributed by atoms with van der Waals surface area (Å²) in [5.74, 6) is 2.23. The van der Waals surface area contributed by atoms with Crippen molar-refractivity contribution in [1.29, 1.82) is 0 Å². The van der Waals surface area contributed by atoms with Gasteiger partial charge >= 0.3 is 0 Å². The van der Waals surface area contributed by atoms with Gasteiger partial charge in [0.15, 0.2) is 11.5 Å². The van der Waals surface area contributed by atoms with Crippen LogP contribution in [0, 0.1) is 0 Å². The van der Waals surface area contributed by atoms with Gasteiger partial charge in [0.05, 0.1) is 38.0 Å². The Morgan fingerprint density at radius 2 is 1.59 bits per heavy atom. The summed E-state index contributed by atoms with van der Waals surface area (Å²) in [6.07, 6.45) is 0.970. The Morgan fingerprint density at radius 3 is 2.24 bits per heavy atom. The topological polar surface area (TPSA) is 89.5 Å². The van der Waals surface area contributed by atoms with Gasteiger partial charge in [0, 0.05) is 29.3 Å². The maximum atomic E-state index is 12.9. The molecule has 9 heteroatoms. The van der Waals surface area contributed by atoms with Crippen molar-refractivity contribution in [2.45, 2.75) is 23.3 Å². The van der Waals surface area contributed by atoms with Gasteiger partial charge in [-0.15, -0.1) is 0 Å². The number of nitrogens with zero attached hydrogens (tertiary/aromatic N) is 2. The summed E-state index contributed by atoms with van der Waals surface area (Å²) in [6.45, 7) is 1.92. The highest BCUT2D eigenvalue weighted by Crippen LogP contribution is 2.42. The maximum Gasteiger partial charge on any atom is 0.261 e. The molecule has 3 aromatic carbocycles. The molecule has 2 aliphatic rings. The molecular formula is C28H31N3O5S. The molecule has 37 heavy (non-hydrogen) atoms. The van der Waals surface area contributed by atoms with Crippen LogP contribution in [0.25, 0.3) is 0 Å². The molecule has 0 aliphatic carbocycles. The summed E-state index contributed by atoms with van der Waals surface area (Å²) < 4.78 is 44.7. The van der Waals surface area contributed by atoms with Crippen LogP contribution in [0.1, 0.15) is 29.0 Å². The molecule has 2 heterocycles. The first kappa shape index (κ1) is 25.1. The lowest BCUT2D eigenvalue weighted by atomic mass is 9.79. The molecule has 0 spiro atoms. The average molecular weight is 522 g/mol. The van der Waals surface area contributed by atoms with Crippen LogP contribution in [0.5, 0.6) is 17.2 Å². The first-order valence-corrected chi connectivity index (χ1v) is 13.6. The van der Waals surface area contributed by atoms with E-state index in [2.05, 4.69) is 22.7 Å². The van der Waals surface area contributed by atoms with E-state index in [-0.39, 0.29) is 16.9 Å². The zero-order chi connectivity index (χ0) is 26.2. The number of aliphatic imine (C=N–C) groups is 1. The molecule has 8 nitrogen and oxygen atoms in total. The number of methoxy groups -OCH3 is 3. The van der Waals surface area contributed by atoms with Gasteiger partial charge in [-0.05, 0) is 74.1 Å². The van der Waals surface area contributed by atoms with Crippen LogP contribution in [0.15, 0.2) is 70.6 Å². The first-order valence-electron chi connectivity index (χ1n) is 12.1. The molecule has 0 amide bonds. The molecule has 2 aliphatic heterocycles. The fourth-order valence-electron chi connectivity index (χ4n) is 5.10. The van der Waals surface area contributed by atoms with Crippen molar-refractivity contribution in [3.63, 3.8) is 0 Å². The molecule has 0 unspecified atom stereocenters. The van der Waals surface area contributed by atoms with Crippen LogP contribution in [0.2, 0.25) is 0 Å². The Morgan fingerprint density at radius 1 is 0.919 bits per heavy atom. The second-order valence-corrected chi connectivity index (χ2v) is 11.0. The van der Waals surface area contributed by atoms with Gasteiger partial charge in [0.2, 0.25) is 0 Å². The number of hydrogen-bond donors (Lipinski definition) is 1. The number of likely N-dealkylation sites (N-methyl/N-ethyl adjacent to an activating group) is 1. The van der Waals surface area contributed by atoms with Crippen LogP contribution in [-0.2, 0) is 10.0 Å². The summed E-state index contributed by atoms with van der Waals surface area (Å²) in [6, 6.07) is 17.9. The number of benzene rings is 3. The Bertz CT molecular complexity index is 1420. The van der Waals surface area contributed by atoms with Gasteiger partial charge in [0.25, 0.3) is 10.0 Å². The Labute approximate surface area is 217 Å². The van der Waals surface area contributed by atoms with Crippen LogP contribution < -0.4 is 18.9 Å². The van der Waals surface area contributed by atoms with E-state index in [1.165, 1.54) is 24.8 Å². The quantitative estimate of drug-likeness (QED) is 0.503. The van der Waals surface area contributed by atoms with E-state index in [1.807, 2.05) is 18.2 Å². The smallest absolute Gasteiger partial charge is 0.261 e. The molecule has 0 saturated carbocycles. The van der Waals surface area contributed by atoms with Crippen molar-refractivity contribution < 1.29 is 22.6 Å². The summed E-state index contributed by atoms with van der Waals surface area (Å²) in [7, 11) is 3.23. The molecule has 5 rings (SSSR count). The van der Waals surface area contributed by atoms with E-state index in [0.29, 0.717) is 22.9 Å². The van der Waals surface area contributed by atoms with E-state index < -0.39 is 10.0 Å². The third-order valence-corrected chi connectivity index (χ3v) is 8.46. The maximum absolute atomic E-state index is 12.9. The molecule has 1 saturated heterocycles. The number of hydrogen-bond acceptors (Lipinski definition) is 7. The molecule has 194 valence electrons. The van der Waals surface area contributed by atoms with Crippen molar-refractivity contribution in [3.8, 4) is 17.2 Å². The minimum absolute atomic E-state index is 0.164. The van der Waals surface area contributed by atoms with Crippen molar-refractivity contribution in [2.75, 3.05) is 46.2 Å². The molecule has 0 bridgehead atoms. The number of rotatable bonds is 7. The molecule has 2 atom stereocenters.